The van der Waals surface area contributed by atoms with Gasteiger partial charge in [-0.2, -0.15) is 0 Å². The molecule has 0 spiro atoms. The van der Waals surface area contributed by atoms with Crippen molar-refractivity contribution >= 4 is 62.7 Å². The third-order valence-corrected chi connectivity index (χ3v) is 10.5. The van der Waals surface area contributed by atoms with Crippen LogP contribution in [-0.2, 0) is 56.4 Å². The maximum atomic E-state index is 13.6. The quantitative estimate of drug-likeness (QED) is 0.247. The SMILES string of the molecule is COC(=O)Cc1c(C)c2cc3nc(cc4nc(cc5[nH]c(cc1[nH]2)c(CC(=O)OC)c5C)C(C)=C4C)C1(C)C3=CC=C(C(=O)OC)C1C(=O)OC. The molecule has 2 unspecified atom stereocenters. The van der Waals surface area contributed by atoms with Crippen LogP contribution in [0.5, 0.6) is 0 Å². The summed E-state index contributed by atoms with van der Waals surface area (Å²) in [6.07, 6.45) is 3.38. The van der Waals surface area contributed by atoms with Crippen LogP contribution in [0.2, 0.25) is 0 Å². The van der Waals surface area contributed by atoms with Crippen molar-refractivity contribution in [1.82, 2.24) is 19.9 Å². The van der Waals surface area contributed by atoms with Gasteiger partial charge in [0.2, 0.25) is 0 Å². The van der Waals surface area contributed by atoms with Gasteiger partial charge in [-0.25, -0.2) is 9.78 Å². The molecule has 8 bridgehead atoms. The number of carbonyl (C=O) groups excluding carboxylic acids is 4. The molecule has 5 heterocycles. The number of rotatable bonds is 6. The average Bonchev–Trinajstić information content (AvgIpc) is 3.76. The first-order valence-corrected chi connectivity index (χ1v) is 16.4. The molecule has 0 saturated heterocycles. The van der Waals surface area contributed by atoms with E-state index in [-0.39, 0.29) is 18.4 Å². The molecule has 51 heavy (non-hydrogen) atoms. The minimum Gasteiger partial charge on any atom is -0.469 e. The van der Waals surface area contributed by atoms with Crippen molar-refractivity contribution in [3.05, 3.63) is 87.0 Å². The molecular weight excluding hydrogens is 652 g/mol. The third kappa shape index (κ3) is 5.74. The summed E-state index contributed by atoms with van der Waals surface area (Å²) in [5, 5.41) is 0. The van der Waals surface area contributed by atoms with E-state index in [1.807, 2.05) is 58.9 Å². The Balaban J connectivity index is 1.79. The summed E-state index contributed by atoms with van der Waals surface area (Å²) in [4.78, 5) is 69.1. The molecular formula is C39H40N4O8. The summed E-state index contributed by atoms with van der Waals surface area (Å²) < 4.78 is 20.5. The standard InChI is InChI=1S/C39H40N4O8/c1-18-19(2)29-17-33-39(5)25(11-10-22(37(46)50-8)36(39)38(47)51-9)32(43-33)15-28-21(4)24(13-35(45)49-7)31(42-28)16-30-23(12-34(44)48-6)20(3)27(41-30)14-26(18)40-29/h10-11,14-17,36,41-42H,12-13H2,1-9H3. The van der Waals surface area contributed by atoms with Crippen molar-refractivity contribution in [2.45, 2.75) is 52.9 Å². The van der Waals surface area contributed by atoms with E-state index in [9.17, 15) is 19.2 Å². The Bertz CT molecular complexity index is 2300. The minimum atomic E-state index is -1.15. The minimum absolute atomic E-state index is 0.0183. The number of aromatic amines is 2. The fourth-order valence-electron chi connectivity index (χ4n) is 7.22. The van der Waals surface area contributed by atoms with Crippen molar-refractivity contribution in [1.29, 1.82) is 0 Å². The molecule has 2 atom stereocenters. The molecule has 3 aliphatic rings. The van der Waals surface area contributed by atoms with E-state index in [0.717, 1.165) is 33.4 Å². The van der Waals surface area contributed by atoms with Crippen molar-refractivity contribution < 1.29 is 38.1 Å². The molecule has 3 aromatic heterocycles. The highest BCUT2D eigenvalue weighted by atomic mass is 16.5. The summed E-state index contributed by atoms with van der Waals surface area (Å²) in [6, 6.07) is 7.54. The Morgan fingerprint density at radius 3 is 1.71 bits per heavy atom. The van der Waals surface area contributed by atoms with E-state index in [2.05, 4.69) is 9.97 Å². The van der Waals surface area contributed by atoms with Crippen LogP contribution in [-0.4, -0.2) is 72.3 Å². The number of nitrogens with zero attached hydrogens (tertiary/aromatic N) is 2. The van der Waals surface area contributed by atoms with Crippen LogP contribution in [0, 0.1) is 19.8 Å². The highest BCUT2D eigenvalue weighted by molar-refractivity contribution is 6.02. The molecule has 12 nitrogen and oxygen atoms in total. The van der Waals surface area contributed by atoms with E-state index in [4.69, 9.17) is 28.9 Å². The molecule has 0 saturated carbocycles. The van der Waals surface area contributed by atoms with Crippen molar-refractivity contribution in [3.8, 4) is 0 Å². The zero-order valence-electron chi connectivity index (χ0n) is 30.1. The molecule has 0 amide bonds. The van der Waals surface area contributed by atoms with Crippen LogP contribution >= 0.6 is 0 Å². The fraction of sp³-hybridized carbons (Fsp3) is 0.333. The Morgan fingerprint density at radius 1 is 0.667 bits per heavy atom. The van der Waals surface area contributed by atoms with Crippen LogP contribution in [0.1, 0.15) is 65.8 Å². The number of nitrogens with one attached hydrogen (secondary N) is 2. The summed E-state index contributed by atoms with van der Waals surface area (Å²) in [6.45, 7) is 9.65. The van der Waals surface area contributed by atoms with Gasteiger partial charge < -0.3 is 28.9 Å². The van der Waals surface area contributed by atoms with E-state index < -0.39 is 35.2 Å². The van der Waals surface area contributed by atoms with Gasteiger partial charge in [0.15, 0.2) is 0 Å². The van der Waals surface area contributed by atoms with Crippen LogP contribution in [0.15, 0.2) is 42.0 Å². The molecule has 0 fully saturated rings. The Hall–Kier alpha value is -5.78. The molecule has 3 aromatic rings. The van der Waals surface area contributed by atoms with Crippen molar-refractivity contribution in [2.75, 3.05) is 28.4 Å². The lowest BCUT2D eigenvalue weighted by atomic mass is 9.64. The number of hydrogen-bond donors (Lipinski definition) is 2. The van der Waals surface area contributed by atoms with E-state index in [1.165, 1.54) is 28.4 Å². The van der Waals surface area contributed by atoms with Crippen molar-refractivity contribution in [3.63, 3.8) is 0 Å². The smallest absolute Gasteiger partial charge is 0.334 e. The van der Waals surface area contributed by atoms with Gasteiger partial charge in [0, 0.05) is 22.1 Å². The Kier molecular flexibility index (Phi) is 9.05. The number of hydrogen-bond acceptors (Lipinski definition) is 10. The van der Waals surface area contributed by atoms with Crippen molar-refractivity contribution in [2.24, 2.45) is 5.92 Å². The largest absolute Gasteiger partial charge is 0.469 e. The molecule has 2 N–H and O–H groups in total. The average molecular weight is 693 g/mol. The van der Waals surface area contributed by atoms with Gasteiger partial charge in [0.05, 0.1) is 75.0 Å². The second-order valence-corrected chi connectivity index (χ2v) is 13.1. The van der Waals surface area contributed by atoms with Gasteiger partial charge in [-0.15, -0.1) is 0 Å². The highest BCUT2D eigenvalue weighted by Crippen LogP contribution is 2.52. The molecule has 2 aliphatic heterocycles. The van der Waals surface area contributed by atoms with Gasteiger partial charge in [0.1, 0.15) is 5.92 Å². The molecule has 0 aromatic carbocycles. The number of aryl methyl sites for hydroxylation is 2. The van der Waals surface area contributed by atoms with Crippen LogP contribution in [0.25, 0.3) is 38.8 Å². The maximum absolute atomic E-state index is 13.6. The summed E-state index contributed by atoms with van der Waals surface area (Å²) in [5.74, 6) is -3.15. The maximum Gasteiger partial charge on any atom is 0.334 e. The number of aromatic nitrogens is 4. The van der Waals surface area contributed by atoms with E-state index >= 15 is 0 Å². The first kappa shape index (κ1) is 35.1. The monoisotopic (exact) mass is 692 g/mol. The van der Waals surface area contributed by atoms with E-state index in [0.29, 0.717) is 50.5 Å². The number of methoxy groups -OCH3 is 4. The van der Waals surface area contributed by atoms with Gasteiger partial charge in [-0.05, 0) is 97.9 Å². The number of fused-ring (bicyclic) bond motifs is 11. The Labute approximate surface area is 294 Å². The first-order valence-electron chi connectivity index (χ1n) is 16.4. The Morgan fingerprint density at radius 2 is 1.20 bits per heavy atom. The van der Waals surface area contributed by atoms with Gasteiger partial charge >= 0.3 is 23.9 Å². The lowest BCUT2D eigenvalue weighted by molar-refractivity contribution is -0.149. The lowest BCUT2D eigenvalue weighted by Crippen LogP contribution is -2.42. The topological polar surface area (TPSA) is 163 Å². The predicted molar refractivity (Wildman–Crippen MR) is 191 cm³/mol. The number of ether oxygens (including phenoxy) is 4. The molecule has 264 valence electrons. The fourth-order valence-corrected chi connectivity index (χ4v) is 7.22. The summed E-state index contributed by atoms with van der Waals surface area (Å²) in [7, 11) is 5.25. The zero-order chi connectivity index (χ0) is 36.9. The first-order chi connectivity index (χ1) is 24.3. The summed E-state index contributed by atoms with van der Waals surface area (Å²) >= 11 is 0. The van der Waals surface area contributed by atoms with Crippen LogP contribution in [0.4, 0.5) is 0 Å². The summed E-state index contributed by atoms with van der Waals surface area (Å²) in [5.41, 5.74) is 9.72. The zero-order valence-corrected chi connectivity index (χ0v) is 30.1. The number of carbonyl (C=O) groups is 4. The van der Waals surface area contributed by atoms with Crippen LogP contribution in [0.3, 0.4) is 0 Å². The molecule has 12 heteroatoms. The predicted octanol–water partition coefficient (Wildman–Crippen LogP) is 5.56. The van der Waals surface area contributed by atoms with Gasteiger partial charge in [-0.3, -0.25) is 19.4 Å². The van der Waals surface area contributed by atoms with Crippen LogP contribution < -0.4 is 0 Å². The number of esters is 4. The van der Waals surface area contributed by atoms with E-state index in [1.54, 1.807) is 12.2 Å². The molecule has 1 aliphatic carbocycles. The molecule has 6 rings (SSSR count). The number of H-pyrrole nitrogens is 2. The second-order valence-electron chi connectivity index (χ2n) is 13.1. The van der Waals surface area contributed by atoms with Gasteiger partial charge in [0.25, 0.3) is 0 Å². The number of allylic oxidation sites excluding steroid dienone is 5. The highest BCUT2D eigenvalue weighted by Gasteiger charge is 2.53. The third-order valence-electron chi connectivity index (χ3n) is 10.5. The normalized spacial score (nSPS) is 18.0. The molecule has 0 radical (unpaired) electrons. The van der Waals surface area contributed by atoms with Gasteiger partial charge in [-0.1, -0.05) is 12.2 Å². The lowest BCUT2D eigenvalue weighted by Gasteiger charge is -2.36. The second kappa shape index (κ2) is 13.2.